The zero-order valence-electron chi connectivity index (χ0n) is 6.89. The third kappa shape index (κ3) is 5.56. The highest BCUT2D eigenvalue weighted by Gasteiger charge is 1.95. The van der Waals surface area contributed by atoms with E-state index in [-0.39, 0.29) is 5.97 Å². The molecule has 0 fully saturated rings. The smallest absolute Gasteiger partial charge is 0.302 e. The summed E-state index contributed by atoms with van der Waals surface area (Å²) in [5.74, 6) is -0.204. The fraction of sp³-hybridized carbons (Fsp3) is 0.857. The minimum Gasteiger partial charge on any atom is -0.465 e. The first-order valence-corrected chi connectivity index (χ1v) is 3.48. The fourth-order valence-corrected chi connectivity index (χ4v) is 0.503. The number of esters is 1. The van der Waals surface area contributed by atoms with Gasteiger partial charge in [-0.25, -0.2) is 0 Å². The van der Waals surface area contributed by atoms with Crippen LogP contribution in [-0.2, 0) is 9.53 Å². The molecule has 0 radical (unpaired) electrons. The van der Waals surface area contributed by atoms with E-state index in [0.29, 0.717) is 6.61 Å². The number of rotatable bonds is 4. The molecule has 0 aromatic heterocycles. The Hall–Kier alpha value is -0.570. The summed E-state index contributed by atoms with van der Waals surface area (Å²) in [6, 6.07) is 0. The van der Waals surface area contributed by atoms with Crippen molar-refractivity contribution in [2.45, 2.75) is 13.8 Å². The molecule has 0 bridgehead atoms. The molecular formula is C7H15NO2. The number of nitrogens with zero attached hydrogens (tertiary/aromatic N) is 1. The van der Waals surface area contributed by atoms with E-state index < -0.39 is 0 Å². The van der Waals surface area contributed by atoms with Crippen molar-refractivity contribution in [3.63, 3.8) is 0 Å². The highest BCUT2D eigenvalue weighted by Crippen LogP contribution is 1.82. The van der Waals surface area contributed by atoms with Crippen LogP contribution in [0.3, 0.4) is 0 Å². The highest BCUT2D eigenvalue weighted by molar-refractivity contribution is 5.65. The first kappa shape index (κ1) is 9.43. The molecule has 60 valence electrons. The molecule has 3 heteroatoms. The zero-order valence-corrected chi connectivity index (χ0v) is 6.89. The van der Waals surface area contributed by atoms with E-state index >= 15 is 0 Å². The molecular weight excluding hydrogens is 130 g/mol. The summed E-state index contributed by atoms with van der Waals surface area (Å²) >= 11 is 0. The van der Waals surface area contributed by atoms with Crippen LogP contribution in [0.5, 0.6) is 0 Å². The minimum absolute atomic E-state index is 0.204. The molecule has 0 heterocycles. The summed E-state index contributed by atoms with van der Waals surface area (Å²) in [5, 5.41) is 0. The lowest BCUT2D eigenvalue weighted by Gasteiger charge is -2.12. The molecule has 0 aromatic carbocycles. The van der Waals surface area contributed by atoms with Crippen molar-refractivity contribution < 1.29 is 9.53 Å². The quantitative estimate of drug-likeness (QED) is 0.539. The molecule has 0 N–H and O–H groups in total. The molecule has 0 saturated heterocycles. The highest BCUT2D eigenvalue weighted by atomic mass is 16.5. The number of hydrogen-bond acceptors (Lipinski definition) is 3. The van der Waals surface area contributed by atoms with Crippen LogP contribution in [0, 0.1) is 0 Å². The fourth-order valence-electron chi connectivity index (χ4n) is 0.503. The van der Waals surface area contributed by atoms with E-state index in [1.165, 1.54) is 6.92 Å². The van der Waals surface area contributed by atoms with Gasteiger partial charge < -0.3 is 9.64 Å². The van der Waals surface area contributed by atoms with Crippen molar-refractivity contribution in [3.05, 3.63) is 0 Å². The largest absolute Gasteiger partial charge is 0.465 e. The van der Waals surface area contributed by atoms with Gasteiger partial charge in [-0.15, -0.1) is 0 Å². The molecule has 3 nitrogen and oxygen atoms in total. The van der Waals surface area contributed by atoms with Crippen LogP contribution in [0.2, 0.25) is 0 Å². The second kappa shape index (κ2) is 5.23. The third-order valence-electron chi connectivity index (χ3n) is 1.32. The van der Waals surface area contributed by atoms with Crippen LogP contribution in [0.25, 0.3) is 0 Å². The monoisotopic (exact) mass is 145 g/mol. The van der Waals surface area contributed by atoms with Crippen LogP contribution in [-0.4, -0.2) is 37.6 Å². The van der Waals surface area contributed by atoms with E-state index in [1.54, 1.807) is 0 Å². The molecule has 0 saturated carbocycles. The van der Waals surface area contributed by atoms with Gasteiger partial charge in [-0.05, 0) is 13.6 Å². The van der Waals surface area contributed by atoms with Crippen molar-refractivity contribution in [2.24, 2.45) is 0 Å². The maximum absolute atomic E-state index is 10.3. The Labute approximate surface area is 62.0 Å². The van der Waals surface area contributed by atoms with Gasteiger partial charge in [0.15, 0.2) is 0 Å². The van der Waals surface area contributed by atoms with E-state index in [4.69, 9.17) is 4.74 Å². The van der Waals surface area contributed by atoms with Crippen LogP contribution in [0.1, 0.15) is 13.8 Å². The molecule has 0 atom stereocenters. The van der Waals surface area contributed by atoms with Gasteiger partial charge in [-0.3, -0.25) is 4.79 Å². The average molecular weight is 145 g/mol. The third-order valence-corrected chi connectivity index (χ3v) is 1.32. The maximum atomic E-state index is 10.3. The van der Waals surface area contributed by atoms with Gasteiger partial charge in [0.2, 0.25) is 0 Å². The molecule has 0 spiro atoms. The van der Waals surface area contributed by atoms with Gasteiger partial charge in [0.05, 0.1) is 0 Å². The van der Waals surface area contributed by atoms with E-state index in [0.717, 1.165) is 13.1 Å². The number of likely N-dealkylation sites (N-methyl/N-ethyl adjacent to an activating group) is 1. The molecule has 0 rings (SSSR count). The normalized spacial score (nSPS) is 10.0. The lowest BCUT2D eigenvalue weighted by molar-refractivity contribution is -0.141. The average Bonchev–Trinajstić information content (AvgIpc) is 1.87. The standard InChI is InChI=1S/C7H15NO2/c1-4-8(3)5-6-10-7(2)9/h4-6H2,1-3H3. The van der Waals surface area contributed by atoms with Gasteiger partial charge in [-0.1, -0.05) is 6.92 Å². The predicted molar refractivity (Wildman–Crippen MR) is 39.8 cm³/mol. The first-order valence-electron chi connectivity index (χ1n) is 3.48. The topological polar surface area (TPSA) is 29.5 Å². The molecule has 0 aliphatic carbocycles. The second-order valence-corrected chi connectivity index (χ2v) is 2.24. The van der Waals surface area contributed by atoms with Crippen molar-refractivity contribution in [3.8, 4) is 0 Å². The van der Waals surface area contributed by atoms with Gasteiger partial charge in [0.1, 0.15) is 6.61 Å². The van der Waals surface area contributed by atoms with Crippen LogP contribution < -0.4 is 0 Å². The van der Waals surface area contributed by atoms with Crippen molar-refractivity contribution in [2.75, 3.05) is 26.7 Å². The Balaban J connectivity index is 3.11. The summed E-state index contributed by atoms with van der Waals surface area (Å²) in [6.07, 6.45) is 0. The van der Waals surface area contributed by atoms with E-state index in [1.807, 2.05) is 7.05 Å². The van der Waals surface area contributed by atoms with Crippen molar-refractivity contribution in [1.82, 2.24) is 4.90 Å². The lowest BCUT2D eigenvalue weighted by Crippen LogP contribution is -2.23. The van der Waals surface area contributed by atoms with Gasteiger partial charge in [0, 0.05) is 13.5 Å². The van der Waals surface area contributed by atoms with Crippen LogP contribution >= 0.6 is 0 Å². The summed E-state index contributed by atoms with van der Waals surface area (Å²) in [6.45, 7) is 5.79. The summed E-state index contributed by atoms with van der Waals surface area (Å²) in [4.78, 5) is 12.4. The molecule has 0 aliphatic rings. The SMILES string of the molecule is CCN(C)CCOC(C)=O. The molecule has 0 aliphatic heterocycles. The van der Waals surface area contributed by atoms with Crippen LogP contribution in [0.15, 0.2) is 0 Å². The Kier molecular flexibility index (Phi) is 4.94. The van der Waals surface area contributed by atoms with Gasteiger partial charge in [-0.2, -0.15) is 0 Å². The summed E-state index contributed by atoms with van der Waals surface area (Å²) < 4.78 is 4.73. The van der Waals surface area contributed by atoms with Crippen molar-refractivity contribution in [1.29, 1.82) is 0 Å². The zero-order chi connectivity index (χ0) is 7.98. The Morgan fingerprint density at radius 1 is 1.60 bits per heavy atom. The number of hydrogen-bond donors (Lipinski definition) is 0. The minimum atomic E-state index is -0.204. The van der Waals surface area contributed by atoms with Gasteiger partial charge >= 0.3 is 5.97 Å². The Morgan fingerprint density at radius 2 is 2.20 bits per heavy atom. The molecule has 10 heavy (non-hydrogen) atoms. The summed E-state index contributed by atoms with van der Waals surface area (Å²) in [7, 11) is 1.99. The number of ether oxygens (including phenoxy) is 1. The number of carbonyl (C=O) groups is 1. The first-order chi connectivity index (χ1) is 4.66. The van der Waals surface area contributed by atoms with E-state index in [2.05, 4.69) is 11.8 Å². The summed E-state index contributed by atoms with van der Waals surface area (Å²) in [5.41, 5.74) is 0. The molecule has 0 aromatic rings. The van der Waals surface area contributed by atoms with Gasteiger partial charge in [0.25, 0.3) is 0 Å². The molecule has 0 amide bonds. The lowest BCUT2D eigenvalue weighted by atomic mass is 10.5. The van der Waals surface area contributed by atoms with E-state index in [9.17, 15) is 4.79 Å². The van der Waals surface area contributed by atoms with Crippen LogP contribution in [0.4, 0.5) is 0 Å². The Bertz CT molecular complexity index is 104. The van der Waals surface area contributed by atoms with Crippen molar-refractivity contribution >= 4 is 5.97 Å². The Morgan fingerprint density at radius 3 is 2.60 bits per heavy atom. The maximum Gasteiger partial charge on any atom is 0.302 e. The molecule has 0 unspecified atom stereocenters. The number of carbonyl (C=O) groups excluding carboxylic acids is 1. The predicted octanol–water partition coefficient (Wildman–Crippen LogP) is 0.501. The second-order valence-electron chi connectivity index (χ2n) is 2.24.